The van der Waals surface area contributed by atoms with Gasteiger partial charge in [0, 0.05) is 14.2 Å². The zero-order chi connectivity index (χ0) is 16.4. The Kier molecular flexibility index (Phi) is 8.13. The van der Waals surface area contributed by atoms with Crippen LogP contribution in [0.15, 0.2) is 30.3 Å². The van der Waals surface area contributed by atoms with E-state index in [9.17, 15) is 9.59 Å². The Balaban J connectivity index is 2.54. The Bertz CT molecular complexity index is 466. The smallest absolute Gasteiger partial charge is 0.331 e. The van der Waals surface area contributed by atoms with E-state index in [4.69, 9.17) is 19.9 Å². The maximum atomic E-state index is 12.0. The molecule has 0 bridgehead atoms. The van der Waals surface area contributed by atoms with Crippen molar-refractivity contribution in [1.29, 1.82) is 0 Å². The molecule has 0 fully saturated rings. The van der Waals surface area contributed by atoms with E-state index in [0.717, 1.165) is 5.56 Å². The van der Waals surface area contributed by atoms with Crippen molar-refractivity contribution >= 4 is 11.9 Å². The van der Waals surface area contributed by atoms with E-state index in [1.165, 1.54) is 14.2 Å². The Hall–Kier alpha value is -1.96. The topological polar surface area (TPSA) is 99.9 Å². The number of benzene rings is 1. The molecule has 1 rings (SSSR count). The molecule has 122 valence electrons. The van der Waals surface area contributed by atoms with Gasteiger partial charge < -0.3 is 25.3 Å². The predicted octanol–water partition coefficient (Wildman–Crippen LogP) is -0.165. The summed E-state index contributed by atoms with van der Waals surface area (Å²) in [5.74, 6) is -1.08. The van der Waals surface area contributed by atoms with Crippen molar-refractivity contribution in [3.05, 3.63) is 35.9 Å². The quantitative estimate of drug-likeness (QED) is 0.615. The van der Waals surface area contributed by atoms with Gasteiger partial charge in [0.05, 0.1) is 13.2 Å². The van der Waals surface area contributed by atoms with Crippen LogP contribution in [0.2, 0.25) is 0 Å². The standard InChI is InChI=1S/C15H22N2O5/c1-20-9-12(16)14(18)17-13(10-21-2)15(19)22-8-11-6-4-3-5-7-11/h3-7,12-13H,8-10,16H2,1-2H3,(H,17,18)/t12?,13-/m0/s1. The Morgan fingerprint density at radius 1 is 1.14 bits per heavy atom. The lowest BCUT2D eigenvalue weighted by Crippen LogP contribution is -2.52. The van der Waals surface area contributed by atoms with Crippen LogP contribution in [0.5, 0.6) is 0 Å². The highest BCUT2D eigenvalue weighted by Crippen LogP contribution is 2.02. The van der Waals surface area contributed by atoms with Crippen LogP contribution >= 0.6 is 0 Å². The van der Waals surface area contributed by atoms with E-state index in [1.54, 1.807) is 0 Å². The molecule has 1 amide bonds. The first-order valence-electron chi connectivity index (χ1n) is 6.82. The van der Waals surface area contributed by atoms with Gasteiger partial charge in [-0.2, -0.15) is 0 Å². The molecular formula is C15H22N2O5. The monoisotopic (exact) mass is 310 g/mol. The Morgan fingerprint density at radius 3 is 2.36 bits per heavy atom. The summed E-state index contributed by atoms with van der Waals surface area (Å²) in [7, 11) is 2.87. The summed E-state index contributed by atoms with van der Waals surface area (Å²) < 4.78 is 14.9. The largest absolute Gasteiger partial charge is 0.459 e. The number of rotatable bonds is 9. The van der Waals surface area contributed by atoms with Crippen LogP contribution in [0.1, 0.15) is 5.56 Å². The first-order valence-corrected chi connectivity index (χ1v) is 6.82. The lowest BCUT2D eigenvalue weighted by Gasteiger charge is -2.19. The third-order valence-electron chi connectivity index (χ3n) is 2.84. The predicted molar refractivity (Wildman–Crippen MR) is 79.9 cm³/mol. The summed E-state index contributed by atoms with van der Waals surface area (Å²) in [5.41, 5.74) is 6.46. The highest BCUT2D eigenvalue weighted by atomic mass is 16.5. The van der Waals surface area contributed by atoms with Crippen molar-refractivity contribution in [2.24, 2.45) is 5.73 Å². The minimum atomic E-state index is -0.913. The minimum Gasteiger partial charge on any atom is -0.459 e. The number of methoxy groups -OCH3 is 2. The molecule has 22 heavy (non-hydrogen) atoms. The number of nitrogens with two attached hydrogens (primary N) is 1. The van der Waals surface area contributed by atoms with Crippen LogP contribution in [-0.4, -0.2) is 51.4 Å². The molecule has 3 N–H and O–H groups in total. The number of hydrogen-bond donors (Lipinski definition) is 2. The fourth-order valence-electron chi connectivity index (χ4n) is 1.70. The highest BCUT2D eigenvalue weighted by Gasteiger charge is 2.25. The molecule has 0 spiro atoms. The Morgan fingerprint density at radius 2 is 1.77 bits per heavy atom. The number of amides is 1. The molecule has 0 saturated heterocycles. The van der Waals surface area contributed by atoms with Gasteiger partial charge in [0.1, 0.15) is 12.6 Å². The molecule has 0 aliphatic carbocycles. The van der Waals surface area contributed by atoms with Crippen molar-refractivity contribution in [2.45, 2.75) is 18.7 Å². The molecule has 0 aromatic heterocycles. The third kappa shape index (κ3) is 6.21. The number of nitrogens with one attached hydrogen (secondary N) is 1. The highest BCUT2D eigenvalue weighted by molar-refractivity contribution is 5.87. The summed E-state index contributed by atoms with van der Waals surface area (Å²) in [6.45, 7) is 0.184. The third-order valence-corrected chi connectivity index (χ3v) is 2.84. The van der Waals surface area contributed by atoms with Crippen LogP contribution in [-0.2, 0) is 30.4 Å². The van der Waals surface area contributed by atoms with Gasteiger partial charge >= 0.3 is 5.97 Å². The summed E-state index contributed by atoms with van der Waals surface area (Å²) in [6.07, 6.45) is 0. The SMILES string of the molecule is COCC(N)C(=O)N[C@@H](COC)C(=O)OCc1ccccc1. The van der Waals surface area contributed by atoms with Crippen LogP contribution in [0.25, 0.3) is 0 Å². The van der Waals surface area contributed by atoms with Gasteiger partial charge in [-0.3, -0.25) is 4.79 Å². The van der Waals surface area contributed by atoms with E-state index < -0.39 is 24.0 Å². The maximum absolute atomic E-state index is 12.0. The van der Waals surface area contributed by atoms with Crippen LogP contribution in [0, 0.1) is 0 Å². The number of hydrogen-bond acceptors (Lipinski definition) is 6. The summed E-state index contributed by atoms with van der Waals surface area (Å²) in [5, 5.41) is 2.50. The molecule has 1 unspecified atom stereocenters. The summed E-state index contributed by atoms with van der Waals surface area (Å²) in [6, 6.07) is 7.48. The van der Waals surface area contributed by atoms with Gasteiger partial charge in [-0.05, 0) is 5.56 Å². The van der Waals surface area contributed by atoms with Gasteiger partial charge in [0.2, 0.25) is 5.91 Å². The lowest BCUT2D eigenvalue weighted by atomic mass is 10.2. The van der Waals surface area contributed by atoms with Gasteiger partial charge in [-0.15, -0.1) is 0 Å². The number of ether oxygens (including phenoxy) is 3. The fourth-order valence-corrected chi connectivity index (χ4v) is 1.70. The second-order valence-electron chi connectivity index (χ2n) is 4.67. The van der Waals surface area contributed by atoms with Crippen molar-refractivity contribution < 1.29 is 23.8 Å². The van der Waals surface area contributed by atoms with Gasteiger partial charge in [0.15, 0.2) is 6.04 Å². The van der Waals surface area contributed by atoms with Crippen molar-refractivity contribution in [1.82, 2.24) is 5.32 Å². The first-order chi connectivity index (χ1) is 10.6. The van der Waals surface area contributed by atoms with Crippen molar-refractivity contribution in [2.75, 3.05) is 27.4 Å². The molecule has 0 radical (unpaired) electrons. The molecule has 0 saturated carbocycles. The van der Waals surface area contributed by atoms with Crippen LogP contribution < -0.4 is 11.1 Å². The number of carbonyl (C=O) groups is 2. The van der Waals surface area contributed by atoms with E-state index in [-0.39, 0.29) is 19.8 Å². The fraction of sp³-hybridized carbons (Fsp3) is 0.467. The van der Waals surface area contributed by atoms with E-state index in [1.807, 2.05) is 30.3 Å². The maximum Gasteiger partial charge on any atom is 0.331 e. The molecule has 7 heteroatoms. The molecule has 2 atom stereocenters. The normalized spacial score (nSPS) is 13.2. The molecule has 0 heterocycles. The molecule has 7 nitrogen and oxygen atoms in total. The molecule has 0 aliphatic heterocycles. The minimum absolute atomic E-state index is 0.000927. The zero-order valence-electron chi connectivity index (χ0n) is 12.8. The molecular weight excluding hydrogens is 288 g/mol. The van der Waals surface area contributed by atoms with Gasteiger partial charge in [-0.1, -0.05) is 30.3 Å². The molecule has 0 aliphatic rings. The molecule has 1 aromatic rings. The summed E-state index contributed by atoms with van der Waals surface area (Å²) in [4.78, 5) is 23.9. The van der Waals surface area contributed by atoms with Gasteiger partial charge in [-0.25, -0.2) is 4.79 Å². The van der Waals surface area contributed by atoms with Crippen LogP contribution in [0.4, 0.5) is 0 Å². The van der Waals surface area contributed by atoms with Gasteiger partial charge in [0.25, 0.3) is 0 Å². The summed E-state index contributed by atoms with van der Waals surface area (Å²) >= 11 is 0. The van der Waals surface area contributed by atoms with E-state index in [2.05, 4.69) is 5.32 Å². The average molecular weight is 310 g/mol. The lowest BCUT2D eigenvalue weighted by molar-refractivity contribution is -0.150. The second kappa shape index (κ2) is 9.88. The van der Waals surface area contributed by atoms with Crippen molar-refractivity contribution in [3.63, 3.8) is 0 Å². The number of esters is 1. The van der Waals surface area contributed by atoms with Crippen molar-refractivity contribution in [3.8, 4) is 0 Å². The first kappa shape index (κ1) is 18.1. The molecule has 1 aromatic carbocycles. The van der Waals surface area contributed by atoms with E-state index in [0.29, 0.717) is 0 Å². The Labute approximate surface area is 129 Å². The van der Waals surface area contributed by atoms with E-state index >= 15 is 0 Å². The average Bonchev–Trinajstić information content (AvgIpc) is 2.53. The number of carbonyl (C=O) groups excluding carboxylic acids is 2. The zero-order valence-corrected chi connectivity index (χ0v) is 12.8. The second-order valence-corrected chi connectivity index (χ2v) is 4.67. The van der Waals surface area contributed by atoms with Crippen LogP contribution in [0.3, 0.4) is 0 Å².